The molecule has 0 aliphatic rings. The Hall–Kier alpha value is -2.96. The van der Waals surface area contributed by atoms with Gasteiger partial charge in [0, 0.05) is 0 Å². The van der Waals surface area contributed by atoms with Crippen molar-refractivity contribution < 1.29 is 13.6 Å². The van der Waals surface area contributed by atoms with Crippen LogP contribution in [0.15, 0.2) is 48.5 Å². The van der Waals surface area contributed by atoms with Gasteiger partial charge < -0.3 is 0 Å². The molecule has 7 heteroatoms. The molecule has 0 radical (unpaired) electrons. The highest BCUT2D eigenvalue weighted by Gasteiger charge is 2.24. The lowest BCUT2D eigenvalue weighted by molar-refractivity contribution is 0.101. The third-order valence-electron chi connectivity index (χ3n) is 3.10. The number of halogens is 2. The summed E-state index contributed by atoms with van der Waals surface area (Å²) in [6, 6.07) is 12.4. The predicted molar refractivity (Wildman–Crippen MR) is 73.2 cm³/mol. The van der Waals surface area contributed by atoms with Gasteiger partial charge in [0.1, 0.15) is 11.6 Å². The Morgan fingerprint density at radius 2 is 1.68 bits per heavy atom. The molecule has 5 nitrogen and oxygen atoms in total. The standard InChI is InChI=1S/C15H10F2N4O/c16-11-7-4-8-12(17)13(11)14(22)15-18-19-20-21(15)9-10-5-2-1-3-6-10/h1-8H,9H2. The van der Waals surface area contributed by atoms with Crippen LogP contribution in [0.5, 0.6) is 0 Å². The van der Waals surface area contributed by atoms with Gasteiger partial charge in [-0.05, 0) is 28.1 Å². The molecule has 2 aromatic carbocycles. The molecule has 0 spiro atoms. The highest BCUT2D eigenvalue weighted by Crippen LogP contribution is 2.16. The molecular weight excluding hydrogens is 290 g/mol. The molecular formula is C15H10F2N4O. The Morgan fingerprint density at radius 1 is 1.00 bits per heavy atom. The summed E-state index contributed by atoms with van der Waals surface area (Å²) in [7, 11) is 0. The molecule has 0 saturated carbocycles. The minimum absolute atomic E-state index is 0.215. The number of tetrazole rings is 1. The number of hydrogen-bond donors (Lipinski definition) is 0. The Morgan fingerprint density at radius 3 is 2.36 bits per heavy atom. The minimum Gasteiger partial charge on any atom is -0.285 e. The van der Waals surface area contributed by atoms with E-state index < -0.39 is 23.0 Å². The Balaban J connectivity index is 1.97. The van der Waals surface area contributed by atoms with Gasteiger partial charge in [0.15, 0.2) is 0 Å². The fourth-order valence-corrected chi connectivity index (χ4v) is 2.06. The summed E-state index contributed by atoms with van der Waals surface area (Å²) in [6.07, 6.45) is 0. The molecule has 1 heterocycles. The zero-order valence-electron chi connectivity index (χ0n) is 11.3. The summed E-state index contributed by atoms with van der Waals surface area (Å²) >= 11 is 0. The lowest BCUT2D eigenvalue weighted by Gasteiger charge is -2.05. The molecule has 0 aliphatic heterocycles. The fourth-order valence-electron chi connectivity index (χ4n) is 2.06. The first-order valence-electron chi connectivity index (χ1n) is 6.45. The fraction of sp³-hybridized carbons (Fsp3) is 0.0667. The molecule has 0 amide bonds. The van der Waals surface area contributed by atoms with E-state index in [0.717, 1.165) is 17.7 Å². The molecule has 22 heavy (non-hydrogen) atoms. The highest BCUT2D eigenvalue weighted by atomic mass is 19.1. The number of benzene rings is 2. The van der Waals surface area contributed by atoms with Gasteiger partial charge in [-0.15, -0.1) is 5.10 Å². The van der Waals surface area contributed by atoms with E-state index in [1.54, 1.807) is 0 Å². The summed E-state index contributed by atoms with van der Waals surface area (Å²) in [6.45, 7) is 0.227. The van der Waals surface area contributed by atoms with Gasteiger partial charge in [-0.3, -0.25) is 4.79 Å². The number of hydrogen-bond acceptors (Lipinski definition) is 4. The molecule has 0 fully saturated rings. The van der Waals surface area contributed by atoms with Crippen molar-refractivity contribution in [2.24, 2.45) is 0 Å². The molecule has 0 saturated heterocycles. The van der Waals surface area contributed by atoms with E-state index in [2.05, 4.69) is 15.5 Å². The van der Waals surface area contributed by atoms with Crippen molar-refractivity contribution in [2.75, 3.05) is 0 Å². The van der Waals surface area contributed by atoms with Crippen molar-refractivity contribution in [2.45, 2.75) is 6.54 Å². The van der Waals surface area contributed by atoms with Gasteiger partial charge in [0.2, 0.25) is 11.6 Å². The van der Waals surface area contributed by atoms with E-state index in [1.165, 1.54) is 10.7 Å². The second kappa shape index (κ2) is 5.80. The number of rotatable bonds is 4. The quantitative estimate of drug-likeness (QED) is 0.693. The van der Waals surface area contributed by atoms with E-state index in [4.69, 9.17) is 0 Å². The van der Waals surface area contributed by atoms with E-state index in [9.17, 15) is 13.6 Å². The Labute approximate surface area is 124 Å². The maximum absolute atomic E-state index is 13.7. The van der Waals surface area contributed by atoms with Crippen LogP contribution in [0.25, 0.3) is 0 Å². The SMILES string of the molecule is O=C(c1c(F)cccc1F)c1nnnn1Cc1ccccc1. The van der Waals surface area contributed by atoms with Gasteiger partial charge in [0.05, 0.1) is 12.1 Å². The maximum Gasteiger partial charge on any atom is 0.237 e. The summed E-state index contributed by atoms with van der Waals surface area (Å²) in [4.78, 5) is 12.3. The molecule has 0 unspecified atom stereocenters. The lowest BCUT2D eigenvalue weighted by Crippen LogP contribution is -2.16. The van der Waals surface area contributed by atoms with E-state index in [-0.39, 0.29) is 12.4 Å². The number of carbonyl (C=O) groups is 1. The first-order chi connectivity index (χ1) is 10.7. The third kappa shape index (κ3) is 2.60. The first-order valence-corrected chi connectivity index (χ1v) is 6.45. The van der Waals surface area contributed by atoms with Crippen LogP contribution in [0.3, 0.4) is 0 Å². The molecule has 0 bridgehead atoms. The van der Waals surface area contributed by atoms with Crippen molar-refractivity contribution >= 4 is 5.78 Å². The Bertz CT molecular complexity index is 797. The summed E-state index contributed by atoms with van der Waals surface area (Å²) < 4.78 is 28.6. The van der Waals surface area contributed by atoms with Crippen molar-refractivity contribution in [3.63, 3.8) is 0 Å². The summed E-state index contributed by atoms with van der Waals surface area (Å²) in [5, 5.41) is 10.7. The van der Waals surface area contributed by atoms with Crippen LogP contribution >= 0.6 is 0 Å². The monoisotopic (exact) mass is 300 g/mol. The summed E-state index contributed by atoms with van der Waals surface area (Å²) in [5.74, 6) is -3.00. The zero-order chi connectivity index (χ0) is 15.5. The summed E-state index contributed by atoms with van der Waals surface area (Å²) in [5.41, 5.74) is 0.199. The normalized spacial score (nSPS) is 10.6. The smallest absolute Gasteiger partial charge is 0.237 e. The van der Waals surface area contributed by atoms with Crippen molar-refractivity contribution in [3.8, 4) is 0 Å². The second-order valence-electron chi connectivity index (χ2n) is 4.57. The van der Waals surface area contributed by atoms with Crippen LogP contribution in [0.4, 0.5) is 8.78 Å². The minimum atomic E-state index is -0.945. The average Bonchev–Trinajstić information content (AvgIpc) is 2.96. The van der Waals surface area contributed by atoms with Crippen LogP contribution in [0.1, 0.15) is 21.7 Å². The van der Waals surface area contributed by atoms with E-state index >= 15 is 0 Å². The number of aromatic nitrogens is 4. The molecule has 3 rings (SSSR count). The molecule has 1 aromatic heterocycles. The van der Waals surface area contributed by atoms with Crippen molar-refractivity contribution in [3.05, 3.63) is 77.1 Å². The van der Waals surface area contributed by atoms with Gasteiger partial charge in [0.25, 0.3) is 0 Å². The van der Waals surface area contributed by atoms with Gasteiger partial charge in [-0.25, -0.2) is 13.5 Å². The van der Waals surface area contributed by atoms with Gasteiger partial charge >= 0.3 is 0 Å². The van der Waals surface area contributed by atoms with E-state index in [0.29, 0.717) is 0 Å². The first kappa shape index (κ1) is 14.0. The second-order valence-corrected chi connectivity index (χ2v) is 4.57. The maximum atomic E-state index is 13.7. The van der Waals surface area contributed by atoms with Crippen LogP contribution in [0, 0.1) is 11.6 Å². The molecule has 110 valence electrons. The third-order valence-corrected chi connectivity index (χ3v) is 3.10. The zero-order valence-corrected chi connectivity index (χ0v) is 11.3. The Kier molecular flexibility index (Phi) is 3.69. The molecule has 3 aromatic rings. The molecule has 0 atom stereocenters. The van der Waals surface area contributed by atoms with Crippen molar-refractivity contribution in [1.82, 2.24) is 20.2 Å². The van der Waals surface area contributed by atoms with E-state index in [1.807, 2.05) is 30.3 Å². The largest absolute Gasteiger partial charge is 0.285 e. The predicted octanol–water partition coefficient (Wildman–Crippen LogP) is 2.23. The van der Waals surface area contributed by atoms with Gasteiger partial charge in [-0.1, -0.05) is 36.4 Å². The molecule has 0 N–H and O–H groups in total. The van der Waals surface area contributed by atoms with Gasteiger partial charge in [-0.2, -0.15) is 0 Å². The number of carbonyl (C=O) groups excluding carboxylic acids is 1. The number of ketones is 1. The van der Waals surface area contributed by atoms with Crippen LogP contribution in [0.2, 0.25) is 0 Å². The lowest BCUT2D eigenvalue weighted by atomic mass is 10.1. The number of nitrogens with zero attached hydrogens (tertiary/aromatic N) is 4. The topological polar surface area (TPSA) is 60.7 Å². The highest BCUT2D eigenvalue weighted by molar-refractivity contribution is 6.06. The van der Waals surface area contributed by atoms with Crippen molar-refractivity contribution in [1.29, 1.82) is 0 Å². The molecule has 0 aliphatic carbocycles. The van der Waals surface area contributed by atoms with Crippen LogP contribution in [-0.4, -0.2) is 26.0 Å². The van der Waals surface area contributed by atoms with Crippen LogP contribution in [-0.2, 0) is 6.54 Å². The average molecular weight is 300 g/mol. The van der Waals surface area contributed by atoms with Crippen LogP contribution < -0.4 is 0 Å².